The van der Waals surface area contributed by atoms with E-state index in [1.165, 1.54) is 96.3 Å². The minimum Gasteiger partial charge on any atom is -0.388 e. The van der Waals surface area contributed by atoms with Crippen LogP contribution in [0.1, 0.15) is 116 Å². The molecule has 30 heavy (non-hydrogen) atoms. The van der Waals surface area contributed by atoms with Crippen LogP contribution in [0.3, 0.4) is 0 Å². The van der Waals surface area contributed by atoms with Crippen LogP contribution in [0.25, 0.3) is 0 Å². The summed E-state index contributed by atoms with van der Waals surface area (Å²) in [5.74, 6) is 0. The Morgan fingerprint density at radius 1 is 0.733 bits per heavy atom. The Labute approximate surface area is 185 Å². The van der Waals surface area contributed by atoms with Crippen molar-refractivity contribution in [2.75, 3.05) is 19.8 Å². The summed E-state index contributed by atoms with van der Waals surface area (Å²) in [5.41, 5.74) is 0. The second kappa shape index (κ2) is 19.5. The lowest BCUT2D eigenvalue weighted by Gasteiger charge is -2.20. The minimum atomic E-state index is -1.02. The third kappa shape index (κ3) is 14.0. The highest BCUT2D eigenvalue weighted by atomic mass is 16.5. The largest absolute Gasteiger partial charge is 0.388 e. The lowest BCUT2D eigenvalue weighted by Crippen LogP contribution is -2.40. The zero-order valence-electron chi connectivity index (χ0n) is 19.6. The molecule has 0 aliphatic carbocycles. The lowest BCUT2D eigenvalue weighted by molar-refractivity contribution is -0.0813. The van der Waals surface area contributed by atoms with Crippen molar-refractivity contribution in [3.63, 3.8) is 0 Å². The van der Waals surface area contributed by atoms with E-state index in [0.717, 1.165) is 12.8 Å². The molecule has 0 saturated carbocycles. The van der Waals surface area contributed by atoms with E-state index in [9.17, 15) is 15.3 Å². The fraction of sp³-hybridized carbons (Fsp3) is 1.00. The summed E-state index contributed by atoms with van der Waals surface area (Å²) >= 11 is 0. The van der Waals surface area contributed by atoms with Gasteiger partial charge in [-0.05, 0) is 6.42 Å². The fourth-order valence-corrected chi connectivity index (χ4v) is 4.19. The Morgan fingerprint density at radius 3 is 1.57 bits per heavy atom. The first-order valence-corrected chi connectivity index (χ1v) is 12.9. The predicted molar refractivity (Wildman–Crippen MR) is 123 cm³/mol. The summed E-state index contributed by atoms with van der Waals surface area (Å²) < 4.78 is 10.7. The maximum atomic E-state index is 9.96. The quantitative estimate of drug-likeness (QED) is 0.220. The molecule has 1 heterocycles. The molecule has 0 unspecified atom stereocenters. The topological polar surface area (TPSA) is 79.2 Å². The van der Waals surface area contributed by atoms with Crippen LogP contribution >= 0.6 is 0 Å². The minimum absolute atomic E-state index is 0.0715. The van der Waals surface area contributed by atoms with Gasteiger partial charge in [0.15, 0.2) is 0 Å². The number of rotatable bonds is 21. The number of aliphatic hydroxyl groups excluding tert-OH is 3. The summed E-state index contributed by atoms with van der Waals surface area (Å²) in [7, 11) is 0. The van der Waals surface area contributed by atoms with Gasteiger partial charge < -0.3 is 24.8 Å². The molecule has 1 aliphatic rings. The molecule has 0 spiro atoms. The van der Waals surface area contributed by atoms with Gasteiger partial charge in [-0.3, -0.25) is 0 Å². The molecule has 5 nitrogen and oxygen atoms in total. The summed E-state index contributed by atoms with van der Waals surface area (Å²) in [6.07, 6.45) is 19.4. The Bertz CT molecular complexity index is 365. The first-order valence-electron chi connectivity index (χ1n) is 12.9. The Balaban J connectivity index is 1.73. The smallest absolute Gasteiger partial charge is 0.114 e. The summed E-state index contributed by atoms with van der Waals surface area (Å²) in [4.78, 5) is 0. The van der Waals surface area contributed by atoms with Crippen LogP contribution in [0.2, 0.25) is 0 Å². The van der Waals surface area contributed by atoms with Gasteiger partial charge in [-0.25, -0.2) is 0 Å². The number of hydrogen-bond acceptors (Lipinski definition) is 5. The second-order valence-corrected chi connectivity index (χ2v) is 9.16. The van der Waals surface area contributed by atoms with Crippen molar-refractivity contribution in [2.45, 2.75) is 140 Å². The van der Waals surface area contributed by atoms with Gasteiger partial charge in [-0.1, -0.05) is 110 Å². The van der Waals surface area contributed by atoms with Gasteiger partial charge in [0, 0.05) is 6.61 Å². The van der Waals surface area contributed by atoms with Crippen molar-refractivity contribution in [3.05, 3.63) is 0 Å². The van der Waals surface area contributed by atoms with Crippen LogP contribution < -0.4 is 0 Å². The van der Waals surface area contributed by atoms with E-state index < -0.39 is 24.4 Å². The zero-order chi connectivity index (χ0) is 21.9. The number of hydrogen-bond donors (Lipinski definition) is 3. The molecule has 4 atom stereocenters. The van der Waals surface area contributed by atoms with Crippen LogP contribution in [-0.4, -0.2) is 59.6 Å². The zero-order valence-corrected chi connectivity index (χ0v) is 19.6. The Kier molecular flexibility index (Phi) is 18.1. The molecule has 3 N–H and O–H groups in total. The average molecular weight is 431 g/mol. The van der Waals surface area contributed by atoms with E-state index in [4.69, 9.17) is 9.47 Å². The van der Waals surface area contributed by atoms with Gasteiger partial charge in [0.2, 0.25) is 0 Å². The van der Waals surface area contributed by atoms with Crippen molar-refractivity contribution in [1.82, 2.24) is 0 Å². The Hall–Kier alpha value is -0.200. The van der Waals surface area contributed by atoms with Crippen LogP contribution in [0.5, 0.6) is 0 Å². The van der Waals surface area contributed by atoms with Crippen LogP contribution in [0, 0.1) is 0 Å². The Morgan fingerprint density at radius 2 is 1.17 bits per heavy atom. The van der Waals surface area contributed by atoms with Crippen molar-refractivity contribution < 1.29 is 24.8 Å². The van der Waals surface area contributed by atoms with Crippen LogP contribution in [-0.2, 0) is 9.47 Å². The monoisotopic (exact) mass is 430 g/mol. The second-order valence-electron chi connectivity index (χ2n) is 9.16. The predicted octanol–water partition coefficient (Wildman–Crippen LogP) is 5.14. The van der Waals surface area contributed by atoms with Crippen molar-refractivity contribution in [3.8, 4) is 0 Å². The molecular weight excluding hydrogens is 380 g/mol. The van der Waals surface area contributed by atoms with E-state index in [2.05, 4.69) is 6.92 Å². The molecule has 0 aromatic heterocycles. The van der Waals surface area contributed by atoms with E-state index in [0.29, 0.717) is 6.61 Å². The first kappa shape index (κ1) is 27.8. The number of ether oxygens (including phenoxy) is 2. The maximum absolute atomic E-state index is 9.96. The van der Waals surface area contributed by atoms with E-state index in [1.54, 1.807) is 0 Å². The van der Waals surface area contributed by atoms with Gasteiger partial charge in [-0.15, -0.1) is 0 Å². The van der Waals surface area contributed by atoms with Gasteiger partial charge in [0.1, 0.15) is 24.4 Å². The van der Waals surface area contributed by atoms with Crippen molar-refractivity contribution >= 4 is 0 Å². The van der Waals surface area contributed by atoms with Gasteiger partial charge >= 0.3 is 0 Å². The van der Waals surface area contributed by atoms with Gasteiger partial charge in [-0.2, -0.15) is 0 Å². The molecular formula is C25H50O5. The molecule has 1 saturated heterocycles. The fourth-order valence-electron chi connectivity index (χ4n) is 4.19. The first-order chi connectivity index (χ1) is 14.7. The normalized spacial score (nSPS) is 22.6. The summed E-state index contributed by atoms with van der Waals surface area (Å²) in [6.45, 7) is 3.12. The number of aliphatic hydroxyl groups is 3. The highest BCUT2D eigenvalue weighted by molar-refractivity contribution is 4.87. The SMILES string of the molecule is CCCCCCCCCCCCCCCCCCCOC[C@H](O)[C@@H]1OC[C@@H](O)[C@@H]1O. The van der Waals surface area contributed by atoms with Gasteiger partial charge in [0.25, 0.3) is 0 Å². The molecule has 0 bridgehead atoms. The third-order valence-corrected chi connectivity index (χ3v) is 6.25. The average Bonchev–Trinajstić information content (AvgIpc) is 3.08. The molecule has 1 fully saturated rings. The van der Waals surface area contributed by atoms with E-state index in [1.807, 2.05) is 0 Å². The lowest BCUT2D eigenvalue weighted by atomic mass is 10.0. The summed E-state index contributed by atoms with van der Waals surface area (Å²) in [5, 5.41) is 29.1. The highest BCUT2D eigenvalue weighted by Gasteiger charge is 2.39. The van der Waals surface area contributed by atoms with Crippen molar-refractivity contribution in [2.24, 2.45) is 0 Å². The van der Waals surface area contributed by atoms with Crippen LogP contribution in [0.4, 0.5) is 0 Å². The molecule has 180 valence electrons. The van der Waals surface area contributed by atoms with E-state index >= 15 is 0 Å². The molecule has 1 rings (SSSR count). The maximum Gasteiger partial charge on any atom is 0.114 e. The van der Waals surface area contributed by atoms with E-state index in [-0.39, 0.29) is 13.2 Å². The third-order valence-electron chi connectivity index (χ3n) is 6.25. The molecule has 0 radical (unpaired) electrons. The highest BCUT2D eigenvalue weighted by Crippen LogP contribution is 2.18. The van der Waals surface area contributed by atoms with Gasteiger partial charge in [0.05, 0.1) is 13.2 Å². The number of unbranched alkanes of at least 4 members (excludes halogenated alkanes) is 16. The molecule has 0 amide bonds. The molecule has 0 aromatic carbocycles. The molecule has 5 heteroatoms. The standard InChI is InChI=1S/C25H50O5/c1-2-3-4-5-6-7-8-9-10-11-12-13-14-15-16-17-18-19-29-20-23(27)25-24(28)22(26)21-30-25/h22-28H,2-21H2,1H3/t22-,23+,24+,25+/m1/s1. The molecule has 0 aromatic rings. The van der Waals surface area contributed by atoms with Crippen LogP contribution in [0.15, 0.2) is 0 Å². The van der Waals surface area contributed by atoms with Crippen molar-refractivity contribution in [1.29, 1.82) is 0 Å². The molecule has 1 aliphatic heterocycles. The summed E-state index contributed by atoms with van der Waals surface area (Å²) in [6, 6.07) is 0.